The van der Waals surface area contributed by atoms with Crippen LogP contribution in [0.1, 0.15) is 18.4 Å². The van der Waals surface area contributed by atoms with Crippen molar-refractivity contribution in [2.24, 2.45) is 0 Å². The van der Waals surface area contributed by atoms with E-state index in [1.165, 1.54) is 0 Å². The Labute approximate surface area is 139 Å². The average Bonchev–Trinajstić information content (AvgIpc) is 3.28. The van der Waals surface area contributed by atoms with Crippen LogP contribution in [0.25, 0.3) is 10.9 Å². The van der Waals surface area contributed by atoms with Crippen LogP contribution in [0, 0.1) is 0 Å². The fourth-order valence-corrected chi connectivity index (χ4v) is 3.72. The number of fused-ring (bicyclic) bond motifs is 1. The Bertz CT molecular complexity index is 773. The molecular weight excluding hydrogens is 314 g/mol. The van der Waals surface area contributed by atoms with Gasteiger partial charge < -0.3 is 14.8 Å². The maximum Gasteiger partial charge on any atom is 0.233 e. The van der Waals surface area contributed by atoms with Crippen molar-refractivity contribution in [3.63, 3.8) is 0 Å². The largest absolute Gasteiger partial charge is 0.361 e. The molecule has 5 nitrogen and oxygen atoms in total. The summed E-state index contributed by atoms with van der Waals surface area (Å²) in [5.74, 6) is 0.184. The Morgan fingerprint density at radius 1 is 1.22 bits per heavy atom. The van der Waals surface area contributed by atoms with Gasteiger partial charge in [0.1, 0.15) is 0 Å². The van der Waals surface area contributed by atoms with Gasteiger partial charge in [0.2, 0.25) is 12.3 Å². The van der Waals surface area contributed by atoms with Crippen molar-refractivity contribution in [2.45, 2.75) is 18.3 Å². The van der Waals surface area contributed by atoms with E-state index in [1.54, 1.807) is 4.90 Å². The van der Waals surface area contributed by atoms with Crippen molar-refractivity contribution in [3.8, 4) is 0 Å². The van der Waals surface area contributed by atoms with Gasteiger partial charge in [-0.2, -0.15) is 0 Å². The lowest BCUT2D eigenvalue weighted by atomic mass is 9.93. The highest BCUT2D eigenvalue weighted by Gasteiger charge is 2.54. The number of piperazine rings is 1. The van der Waals surface area contributed by atoms with Crippen LogP contribution in [0.4, 0.5) is 0 Å². The van der Waals surface area contributed by atoms with Crippen LogP contribution in [-0.4, -0.2) is 53.3 Å². The van der Waals surface area contributed by atoms with Gasteiger partial charge in [0.15, 0.2) is 0 Å². The third-order valence-corrected chi connectivity index (χ3v) is 5.30. The zero-order chi connectivity index (χ0) is 16.0. The number of amides is 2. The summed E-state index contributed by atoms with van der Waals surface area (Å²) in [5.41, 5.74) is 1.65. The molecule has 120 valence electrons. The van der Waals surface area contributed by atoms with Crippen molar-refractivity contribution in [1.29, 1.82) is 0 Å². The summed E-state index contributed by atoms with van der Waals surface area (Å²) in [7, 11) is 0. The minimum Gasteiger partial charge on any atom is -0.361 e. The molecule has 2 aromatic rings. The number of hydrogen-bond acceptors (Lipinski definition) is 2. The van der Waals surface area contributed by atoms with Gasteiger partial charge in [-0.25, -0.2) is 0 Å². The van der Waals surface area contributed by atoms with Gasteiger partial charge in [0.05, 0.1) is 5.41 Å². The molecule has 0 bridgehead atoms. The van der Waals surface area contributed by atoms with E-state index in [2.05, 4.69) is 4.98 Å². The number of rotatable bonds is 3. The number of H-pyrrole nitrogens is 1. The molecule has 0 unspecified atom stereocenters. The zero-order valence-electron chi connectivity index (χ0n) is 12.7. The Hall–Kier alpha value is -2.01. The van der Waals surface area contributed by atoms with E-state index in [0.29, 0.717) is 31.2 Å². The molecule has 1 N–H and O–H groups in total. The predicted molar refractivity (Wildman–Crippen MR) is 88.4 cm³/mol. The molecule has 1 aromatic carbocycles. The van der Waals surface area contributed by atoms with Crippen LogP contribution in [0.15, 0.2) is 24.4 Å². The van der Waals surface area contributed by atoms with Gasteiger partial charge in [0.25, 0.3) is 0 Å². The number of carbonyl (C=O) groups is 2. The molecule has 1 aliphatic carbocycles. The fourth-order valence-electron chi connectivity index (χ4n) is 3.55. The van der Waals surface area contributed by atoms with Crippen molar-refractivity contribution < 1.29 is 9.59 Å². The molecule has 1 saturated carbocycles. The number of benzene rings is 1. The van der Waals surface area contributed by atoms with Crippen LogP contribution in [0.5, 0.6) is 0 Å². The monoisotopic (exact) mass is 331 g/mol. The number of aromatic amines is 1. The molecule has 2 amide bonds. The Kier molecular flexibility index (Phi) is 3.34. The maximum atomic E-state index is 13.1. The molecule has 2 heterocycles. The first-order chi connectivity index (χ1) is 11.1. The first kappa shape index (κ1) is 14.6. The van der Waals surface area contributed by atoms with Gasteiger partial charge in [-0.15, -0.1) is 0 Å². The number of halogens is 1. The lowest BCUT2D eigenvalue weighted by Crippen LogP contribution is -2.51. The zero-order valence-corrected chi connectivity index (χ0v) is 13.5. The van der Waals surface area contributed by atoms with E-state index < -0.39 is 5.41 Å². The predicted octanol–water partition coefficient (Wildman–Crippen LogP) is 2.15. The lowest BCUT2D eigenvalue weighted by molar-refractivity contribution is -0.137. The minimum atomic E-state index is -0.410. The quantitative estimate of drug-likeness (QED) is 0.876. The van der Waals surface area contributed by atoms with Crippen LogP contribution in [0.2, 0.25) is 5.02 Å². The lowest BCUT2D eigenvalue weighted by Gasteiger charge is -2.34. The van der Waals surface area contributed by atoms with E-state index in [0.717, 1.165) is 35.7 Å². The van der Waals surface area contributed by atoms with Gasteiger partial charge in [0, 0.05) is 48.3 Å². The molecule has 0 spiro atoms. The molecule has 1 saturated heterocycles. The van der Waals surface area contributed by atoms with Crippen LogP contribution >= 0.6 is 11.6 Å². The summed E-state index contributed by atoms with van der Waals surface area (Å²) < 4.78 is 0. The molecule has 0 atom stereocenters. The number of nitrogens with zero attached hydrogens (tertiary/aromatic N) is 2. The highest BCUT2D eigenvalue weighted by molar-refractivity contribution is 6.31. The second kappa shape index (κ2) is 5.27. The second-order valence-corrected chi connectivity index (χ2v) is 6.84. The summed E-state index contributed by atoms with van der Waals surface area (Å²) in [6, 6.07) is 5.73. The molecule has 1 aliphatic heterocycles. The second-order valence-electron chi connectivity index (χ2n) is 6.41. The first-order valence-corrected chi connectivity index (χ1v) is 8.28. The number of nitrogens with one attached hydrogen (secondary N) is 1. The molecular formula is C17H18ClN3O2. The summed E-state index contributed by atoms with van der Waals surface area (Å²) in [4.78, 5) is 30.8. The van der Waals surface area contributed by atoms with Crippen molar-refractivity contribution >= 4 is 34.8 Å². The van der Waals surface area contributed by atoms with Crippen LogP contribution in [-0.2, 0) is 15.0 Å². The van der Waals surface area contributed by atoms with Crippen LogP contribution < -0.4 is 0 Å². The summed E-state index contributed by atoms with van der Waals surface area (Å²) in [6.07, 6.45) is 4.56. The van der Waals surface area contributed by atoms with E-state index in [4.69, 9.17) is 11.6 Å². The van der Waals surface area contributed by atoms with E-state index >= 15 is 0 Å². The molecule has 2 aliphatic rings. The van der Waals surface area contributed by atoms with Crippen LogP contribution in [0.3, 0.4) is 0 Å². The molecule has 23 heavy (non-hydrogen) atoms. The highest BCUT2D eigenvalue weighted by atomic mass is 35.5. The van der Waals surface area contributed by atoms with E-state index in [1.807, 2.05) is 29.3 Å². The normalized spacial score (nSPS) is 19.9. The van der Waals surface area contributed by atoms with Crippen molar-refractivity contribution in [2.75, 3.05) is 26.2 Å². The maximum absolute atomic E-state index is 13.1. The number of carbonyl (C=O) groups excluding carboxylic acids is 2. The highest BCUT2D eigenvalue weighted by Crippen LogP contribution is 2.52. The third-order valence-electron chi connectivity index (χ3n) is 5.07. The van der Waals surface area contributed by atoms with Crippen molar-refractivity contribution in [3.05, 3.63) is 35.0 Å². The minimum absolute atomic E-state index is 0.184. The van der Waals surface area contributed by atoms with Gasteiger partial charge in [-0.05, 0) is 36.6 Å². The Balaban J connectivity index is 1.63. The Morgan fingerprint density at radius 3 is 2.61 bits per heavy atom. The van der Waals surface area contributed by atoms with E-state index in [9.17, 15) is 9.59 Å². The van der Waals surface area contributed by atoms with Gasteiger partial charge in [-0.3, -0.25) is 9.59 Å². The smallest absolute Gasteiger partial charge is 0.233 e. The first-order valence-electron chi connectivity index (χ1n) is 7.90. The topological polar surface area (TPSA) is 56.4 Å². The van der Waals surface area contributed by atoms with Gasteiger partial charge in [-0.1, -0.05) is 11.6 Å². The third kappa shape index (κ3) is 2.30. The molecule has 2 fully saturated rings. The summed E-state index contributed by atoms with van der Waals surface area (Å²) in [6.45, 7) is 2.46. The Morgan fingerprint density at radius 2 is 1.96 bits per heavy atom. The number of aromatic nitrogens is 1. The molecule has 6 heteroatoms. The summed E-state index contributed by atoms with van der Waals surface area (Å²) >= 11 is 6.13. The van der Waals surface area contributed by atoms with Gasteiger partial charge >= 0.3 is 0 Å². The molecule has 0 radical (unpaired) electrons. The van der Waals surface area contributed by atoms with Crippen molar-refractivity contribution in [1.82, 2.24) is 14.8 Å². The number of hydrogen-bond donors (Lipinski definition) is 1. The molecule has 4 rings (SSSR count). The SMILES string of the molecule is O=CN1CCN(C(=O)C2(c3c[nH]c4ccc(Cl)cc34)CC2)CC1. The molecule has 1 aromatic heterocycles. The summed E-state index contributed by atoms with van der Waals surface area (Å²) in [5, 5.41) is 1.72. The van der Waals surface area contributed by atoms with E-state index in [-0.39, 0.29) is 5.91 Å². The standard InChI is InChI=1S/C17H18ClN3O2/c18-12-1-2-15-13(9-12)14(10-19-15)17(3-4-17)16(23)21-7-5-20(11-22)6-8-21/h1-2,9-11,19H,3-8H2. The fraction of sp³-hybridized carbons (Fsp3) is 0.412. The average molecular weight is 332 g/mol.